The molecule has 2 rings (SSSR count). The summed E-state index contributed by atoms with van der Waals surface area (Å²) in [6.45, 7) is 1.80. The highest BCUT2D eigenvalue weighted by Crippen LogP contribution is 2.28. The van der Waals surface area contributed by atoms with Crippen molar-refractivity contribution in [1.82, 2.24) is 0 Å². The van der Waals surface area contributed by atoms with Gasteiger partial charge in [0.1, 0.15) is 5.82 Å². The first-order valence-electron chi connectivity index (χ1n) is 6.71. The van der Waals surface area contributed by atoms with Crippen LogP contribution in [0.2, 0.25) is 0 Å². The standard InChI is InChI=1S/C15H20FNO/c1-11-10-13(16)7-8-14(11)17-15(18)9-6-12-4-2-3-5-12/h7-8,10,12H,2-6,9H2,1H3,(H,17,18). The molecule has 1 N–H and O–H groups in total. The molecular formula is C15H20FNO. The summed E-state index contributed by atoms with van der Waals surface area (Å²) in [6, 6.07) is 4.43. The first-order valence-corrected chi connectivity index (χ1v) is 6.71. The van der Waals surface area contributed by atoms with Crippen LogP contribution < -0.4 is 5.32 Å². The Hall–Kier alpha value is -1.38. The maximum atomic E-state index is 12.9. The van der Waals surface area contributed by atoms with E-state index in [1.165, 1.54) is 37.8 Å². The summed E-state index contributed by atoms with van der Waals surface area (Å²) >= 11 is 0. The van der Waals surface area contributed by atoms with E-state index in [4.69, 9.17) is 0 Å². The summed E-state index contributed by atoms with van der Waals surface area (Å²) in [6.07, 6.45) is 6.70. The molecule has 1 saturated carbocycles. The van der Waals surface area contributed by atoms with Crippen molar-refractivity contribution in [2.75, 3.05) is 5.32 Å². The zero-order valence-corrected chi connectivity index (χ0v) is 10.8. The topological polar surface area (TPSA) is 29.1 Å². The smallest absolute Gasteiger partial charge is 0.224 e. The monoisotopic (exact) mass is 249 g/mol. The van der Waals surface area contributed by atoms with Crippen LogP contribution in [0.5, 0.6) is 0 Å². The molecule has 1 fully saturated rings. The summed E-state index contributed by atoms with van der Waals surface area (Å²) in [5, 5.41) is 2.86. The predicted molar refractivity (Wildman–Crippen MR) is 71.0 cm³/mol. The van der Waals surface area contributed by atoms with Crippen molar-refractivity contribution in [2.24, 2.45) is 5.92 Å². The van der Waals surface area contributed by atoms with E-state index in [1.807, 2.05) is 0 Å². The second-order valence-electron chi connectivity index (χ2n) is 5.20. The van der Waals surface area contributed by atoms with Gasteiger partial charge in [0.2, 0.25) is 5.91 Å². The molecule has 1 aromatic carbocycles. The number of aryl methyl sites for hydroxylation is 1. The van der Waals surface area contributed by atoms with Crippen molar-refractivity contribution < 1.29 is 9.18 Å². The third-order valence-corrected chi connectivity index (χ3v) is 3.72. The first kappa shape index (κ1) is 13.1. The molecule has 3 heteroatoms. The molecule has 0 heterocycles. The zero-order valence-electron chi connectivity index (χ0n) is 10.8. The van der Waals surface area contributed by atoms with Crippen molar-refractivity contribution in [1.29, 1.82) is 0 Å². The fourth-order valence-electron chi connectivity index (χ4n) is 2.61. The Labute approximate surface area is 108 Å². The van der Waals surface area contributed by atoms with E-state index in [-0.39, 0.29) is 11.7 Å². The molecule has 1 aliphatic rings. The number of carbonyl (C=O) groups is 1. The maximum Gasteiger partial charge on any atom is 0.224 e. The number of hydrogen-bond donors (Lipinski definition) is 1. The molecule has 0 radical (unpaired) electrons. The molecule has 0 saturated heterocycles. The van der Waals surface area contributed by atoms with Crippen LogP contribution in [0.25, 0.3) is 0 Å². The Morgan fingerprint density at radius 1 is 1.39 bits per heavy atom. The Bertz CT molecular complexity index is 425. The van der Waals surface area contributed by atoms with E-state index in [9.17, 15) is 9.18 Å². The molecule has 1 aromatic rings. The van der Waals surface area contributed by atoms with E-state index in [0.717, 1.165) is 17.9 Å². The largest absolute Gasteiger partial charge is 0.326 e. The normalized spacial score (nSPS) is 15.9. The van der Waals surface area contributed by atoms with Crippen LogP contribution in [0.3, 0.4) is 0 Å². The number of amides is 1. The number of anilines is 1. The lowest BCUT2D eigenvalue weighted by molar-refractivity contribution is -0.116. The van der Waals surface area contributed by atoms with Crippen molar-refractivity contribution >= 4 is 11.6 Å². The Kier molecular flexibility index (Phi) is 4.34. The van der Waals surface area contributed by atoms with Gasteiger partial charge in [-0.1, -0.05) is 25.7 Å². The van der Waals surface area contributed by atoms with Gasteiger partial charge in [0.15, 0.2) is 0 Å². The lowest BCUT2D eigenvalue weighted by Gasteiger charge is -2.10. The van der Waals surface area contributed by atoms with Gasteiger partial charge in [0, 0.05) is 12.1 Å². The van der Waals surface area contributed by atoms with Gasteiger partial charge in [0.25, 0.3) is 0 Å². The predicted octanol–water partition coefficient (Wildman–Crippen LogP) is 4.04. The Balaban J connectivity index is 1.82. The molecule has 1 aliphatic carbocycles. The molecule has 18 heavy (non-hydrogen) atoms. The number of benzene rings is 1. The van der Waals surface area contributed by atoms with E-state index in [1.54, 1.807) is 13.0 Å². The quantitative estimate of drug-likeness (QED) is 0.857. The van der Waals surface area contributed by atoms with Gasteiger partial charge in [-0.2, -0.15) is 0 Å². The third-order valence-electron chi connectivity index (χ3n) is 3.72. The third kappa shape index (κ3) is 3.56. The van der Waals surface area contributed by atoms with Crippen LogP contribution in [0.15, 0.2) is 18.2 Å². The Morgan fingerprint density at radius 2 is 2.11 bits per heavy atom. The molecular weight excluding hydrogens is 229 g/mol. The number of carbonyl (C=O) groups excluding carboxylic acids is 1. The molecule has 0 bridgehead atoms. The van der Waals surface area contributed by atoms with Crippen LogP contribution in [-0.4, -0.2) is 5.91 Å². The number of nitrogens with one attached hydrogen (secondary N) is 1. The van der Waals surface area contributed by atoms with Crippen molar-refractivity contribution in [2.45, 2.75) is 45.4 Å². The van der Waals surface area contributed by atoms with Gasteiger partial charge >= 0.3 is 0 Å². The molecule has 2 nitrogen and oxygen atoms in total. The van der Waals surface area contributed by atoms with E-state index in [2.05, 4.69) is 5.32 Å². The van der Waals surface area contributed by atoms with Gasteiger partial charge in [0.05, 0.1) is 0 Å². The van der Waals surface area contributed by atoms with Crippen LogP contribution in [0.4, 0.5) is 10.1 Å². The summed E-state index contributed by atoms with van der Waals surface area (Å²) in [5.41, 5.74) is 1.48. The van der Waals surface area contributed by atoms with Gasteiger partial charge in [-0.3, -0.25) is 4.79 Å². The summed E-state index contributed by atoms with van der Waals surface area (Å²) in [5.74, 6) is 0.498. The second kappa shape index (κ2) is 5.98. The van der Waals surface area contributed by atoms with Crippen molar-refractivity contribution in [3.8, 4) is 0 Å². The summed E-state index contributed by atoms with van der Waals surface area (Å²) in [7, 11) is 0. The molecule has 98 valence electrons. The zero-order chi connectivity index (χ0) is 13.0. The number of rotatable bonds is 4. The SMILES string of the molecule is Cc1cc(F)ccc1NC(=O)CCC1CCCC1. The molecule has 0 atom stereocenters. The number of hydrogen-bond acceptors (Lipinski definition) is 1. The van der Waals surface area contributed by atoms with Crippen LogP contribution >= 0.6 is 0 Å². The maximum absolute atomic E-state index is 12.9. The molecule has 1 amide bonds. The summed E-state index contributed by atoms with van der Waals surface area (Å²) < 4.78 is 12.9. The van der Waals surface area contributed by atoms with Gasteiger partial charge in [-0.05, 0) is 43.0 Å². The lowest BCUT2D eigenvalue weighted by Crippen LogP contribution is -2.13. The first-order chi connectivity index (χ1) is 8.65. The average molecular weight is 249 g/mol. The van der Waals surface area contributed by atoms with E-state index in [0.29, 0.717) is 12.1 Å². The highest BCUT2D eigenvalue weighted by molar-refractivity contribution is 5.91. The second-order valence-corrected chi connectivity index (χ2v) is 5.20. The number of halogens is 1. The fraction of sp³-hybridized carbons (Fsp3) is 0.533. The van der Waals surface area contributed by atoms with Crippen molar-refractivity contribution in [3.05, 3.63) is 29.6 Å². The van der Waals surface area contributed by atoms with E-state index < -0.39 is 0 Å². The Morgan fingerprint density at radius 3 is 2.78 bits per heavy atom. The highest BCUT2D eigenvalue weighted by Gasteiger charge is 2.16. The minimum absolute atomic E-state index is 0.0385. The van der Waals surface area contributed by atoms with Crippen LogP contribution in [-0.2, 0) is 4.79 Å². The minimum Gasteiger partial charge on any atom is -0.326 e. The molecule has 0 aliphatic heterocycles. The molecule has 0 aromatic heterocycles. The average Bonchev–Trinajstić information content (AvgIpc) is 2.83. The van der Waals surface area contributed by atoms with Gasteiger partial charge < -0.3 is 5.32 Å². The van der Waals surface area contributed by atoms with E-state index >= 15 is 0 Å². The lowest BCUT2D eigenvalue weighted by atomic mass is 10.0. The summed E-state index contributed by atoms with van der Waals surface area (Å²) in [4.78, 5) is 11.8. The van der Waals surface area contributed by atoms with Gasteiger partial charge in [-0.15, -0.1) is 0 Å². The van der Waals surface area contributed by atoms with Crippen LogP contribution in [0.1, 0.15) is 44.1 Å². The van der Waals surface area contributed by atoms with Crippen molar-refractivity contribution in [3.63, 3.8) is 0 Å². The molecule has 0 unspecified atom stereocenters. The van der Waals surface area contributed by atoms with Gasteiger partial charge in [-0.25, -0.2) is 4.39 Å². The molecule has 0 spiro atoms. The highest BCUT2D eigenvalue weighted by atomic mass is 19.1. The minimum atomic E-state index is -0.267. The fourth-order valence-corrected chi connectivity index (χ4v) is 2.61. The van der Waals surface area contributed by atoms with Crippen LogP contribution in [0, 0.1) is 18.7 Å².